The Kier molecular flexibility index (Phi) is 3.35. The quantitative estimate of drug-likeness (QED) is 0.387. The molecular formula is C8H6FN3O4S. The number of carbonyl (C=O) groups is 1. The van der Waals surface area contributed by atoms with E-state index in [0.29, 0.717) is 6.07 Å². The summed E-state index contributed by atoms with van der Waals surface area (Å²) in [6.45, 7) is 1.32. The molecule has 0 aliphatic heterocycles. The van der Waals surface area contributed by atoms with Crippen LogP contribution in [0.2, 0.25) is 0 Å². The third kappa shape index (κ3) is 2.71. The number of carboxylic acids is 1. The summed E-state index contributed by atoms with van der Waals surface area (Å²) < 4.78 is 34.1. The lowest BCUT2D eigenvalue weighted by Gasteiger charge is -2.06. The highest BCUT2D eigenvalue weighted by Crippen LogP contribution is 2.28. The third-order valence-corrected chi connectivity index (χ3v) is 2.82. The van der Waals surface area contributed by atoms with Gasteiger partial charge in [-0.1, -0.05) is 5.11 Å². The van der Waals surface area contributed by atoms with E-state index in [1.807, 2.05) is 0 Å². The topological polar surface area (TPSA) is 120 Å². The van der Waals surface area contributed by atoms with Gasteiger partial charge in [0.25, 0.3) is 0 Å². The number of aromatic carboxylic acids is 1. The van der Waals surface area contributed by atoms with Gasteiger partial charge in [-0.15, -0.1) is 3.89 Å². The molecule has 17 heavy (non-hydrogen) atoms. The van der Waals surface area contributed by atoms with E-state index in [1.165, 1.54) is 6.92 Å². The standard InChI is InChI=1S/C8H6FN3O4S/c1-4-6(8(13)14)2-5(17(9,15)16)3-7(4)11-12-10/h2-3H,1H3,(H,13,14). The van der Waals surface area contributed by atoms with E-state index in [0.717, 1.165) is 6.07 Å². The van der Waals surface area contributed by atoms with Crippen molar-refractivity contribution in [2.24, 2.45) is 5.11 Å². The summed E-state index contributed by atoms with van der Waals surface area (Å²) in [5.74, 6) is -1.44. The van der Waals surface area contributed by atoms with Crippen molar-refractivity contribution in [3.63, 3.8) is 0 Å². The summed E-state index contributed by atoms with van der Waals surface area (Å²) in [7, 11) is -5.06. The highest BCUT2D eigenvalue weighted by Gasteiger charge is 2.19. The first-order chi connectivity index (χ1) is 7.77. The van der Waals surface area contributed by atoms with Gasteiger partial charge < -0.3 is 5.11 Å². The molecule has 0 aromatic heterocycles. The fourth-order valence-electron chi connectivity index (χ4n) is 1.19. The molecule has 9 heteroatoms. The summed E-state index contributed by atoms with van der Waals surface area (Å²) in [6, 6.07) is 1.44. The monoisotopic (exact) mass is 259 g/mol. The molecule has 1 N–H and O–H groups in total. The third-order valence-electron chi connectivity index (χ3n) is 2.02. The maximum Gasteiger partial charge on any atom is 0.336 e. The van der Waals surface area contributed by atoms with Gasteiger partial charge in [0.2, 0.25) is 0 Å². The summed E-state index contributed by atoms with van der Waals surface area (Å²) in [5.41, 5.74) is 7.61. The molecule has 0 unspecified atom stereocenters. The zero-order chi connectivity index (χ0) is 13.2. The predicted molar refractivity (Wildman–Crippen MR) is 55.2 cm³/mol. The van der Waals surface area contributed by atoms with Crippen LogP contribution in [-0.4, -0.2) is 19.5 Å². The first-order valence-electron chi connectivity index (χ1n) is 4.15. The molecule has 0 aliphatic rings. The Labute approximate surface area is 95.3 Å². The zero-order valence-electron chi connectivity index (χ0n) is 8.45. The minimum atomic E-state index is -5.06. The number of hydrogen-bond acceptors (Lipinski definition) is 4. The average Bonchev–Trinajstić information content (AvgIpc) is 2.19. The highest BCUT2D eigenvalue weighted by atomic mass is 32.3. The van der Waals surface area contributed by atoms with Gasteiger partial charge in [0.1, 0.15) is 0 Å². The molecule has 0 fully saturated rings. The SMILES string of the molecule is Cc1c(N=[N+]=[N-])cc(S(=O)(=O)F)cc1C(=O)O. The average molecular weight is 259 g/mol. The minimum absolute atomic E-state index is 0.0581. The minimum Gasteiger partial charge on any atom is -0.478 e. The van der Waals surface area contributed by atoms with Crippen LogP contribution in [0.15, 0.2) is 22.1 Å². The Morgan fingerprint density at radius 1 is 1.53 bits per heavy atom. The van der Waals surface area contributed by atoms with Crippen molar-refractivity contribution < 1.29 is 22.2 Å². The van der Waals surface area contributed by atoms with Gasteiger partial charge in [-0.2, -0.15) is 8.42 Å². The molecular weight excluding hydrogens is 253 g/mol. The number of rotatable bonds is 3. The van der Waals surface area contributed by atoms with Gasteiger partial charge in [-0.3, -0.25) is 0 Å². The van der Waals surface area contributed by atoms with Gasteiger partial charge in [0.15, 0.2) is 0 Å². The van der Waals surface area contributed by atoms with Gasteiger partial charge in [-0.25, -0.2) is 4.79 Å². The molecule has 0 bridgehead atoms. The van der Waals surface area contributed by atoms with Crippen molar-refractivity contribution in [3.05, 3.63) is 33.7 Å². The number of hydrogen-bond donors (Lipinski definition) is 1. The van der Waals surface area contributed by atoms with Crippen LogP contribution in [0.1, 0.15) is 15.9 Å². The van der Waals surface area contributed by atoms with Crippen molar-refractivity contribution in [1.29, 1.82) is 0 Å². The van der Waals surface area contributed by atoms with Crippen molar-refractivity contribution in [2.45, 2.75) is 11.8 Å². The molecule has 0 amide bonds. The zero-order valence-corrected chi connectivity index (χ0v) is 9.27. The van der Waals surface area contributed by atoms with Crippen molar-refractivity contribution in [3.8, 4) is 0 Å². The van der Waals surface area contributed by atoms with E-state index >= 15 is 0 Å². The highest BCUT2D eigenvalue weighted by molar-refractivity contribution is 7.86. The first-order valence-corrected chi connectivity index (χ1v) is 5.53. The van der Waals surface area contributed by atoms with E-state index < -0.39 is 26.7 Å². The van der Waals surface area contributed by atoms with Crippen LogP contribution in [0.5, 0.6) is 0 Å². The molecule has 90 valence electrons. The summed E-state index contributed by atoms with van der Waals surface area (Å²) in [5, 5.41) is 11.9. The molecule has 0 heterocycles. The molecule has 0 atom stereocenters. The number of halogens is 1. The van der Waals surface area contributed by atoms with Gasteiger partial charge >= 0.3 is 16.2 Å². The van der Waals surface area contributed by atoms with E-state index in [9.17, 15) is 17.1 Å². The smallest absolute Gasteiger partial charge is 0.336 e. The molecule has 0 aliphatic carbocycles. The molecule has 1 aromatic rings. The van der Waals surface area contributed by atoms with Gasteiger partial charge in [0, 0.05) is 10.6 Å². The van der Waals surface area contributed by atoms with E-state index in [2.05, 4.69) is 10.0 Å². The molecule has 1 rings (SSSR count). The second-order valence-electron chi connectivity index (χ2n) is 3.05. The summed E-state index contributed by atoms with van der Waals surface area (Å²) in [4.78, 5) is 12.4. The molecule has 0 saturated carbocycles. The Hall–Kier alpha value is -2.12. The van der Waals surface area contributed by atoms with Crippen molar-refractivity contribution in [2.75, 3.05) is 0 Å². The second kappa shape index (κ2) is 4.40. The van der Waals surface area contributed by atoms with Crippen LogP contribution < -0.4 is 0 Å². The van der Waals surface area contributed by atoms with Gasteiger partial charge in [-0.05, 0) is 30.2 Å². The Morgan fingerprint density at radius 2 is 2.12 bits per heavy atom. The van der Waals surface area contributed by atoms with Crippen LogP contribution in [0.3, 0.4) is 0 Å². The van der Waals surface area contributed by atoms with E-state index in [-0.39, 0.29) is 11.3 Å². The lowest BCUT2D eigenvalue weighted by atomic mass is 10.1. The van der Waals surface area contributed by atoms with Crippen LogP contribution in [0, 0.1) is 6.92 Å². The second-order valence-corrected chi connectivity index (χ2v) is 4.39. The lowest BCUT2D eigenvalue weighted by Crippen LogP contribution is -2.03. The molecule has 1 aromatic carbocycles. The maximum absolute atomic E-state index is 12.8. The van der Waals surface area contributed by atoms with Gasteiger partial charge in [0.05, 0.1) is 10.5 Å². The summed E-state index contributed by atoms with van der Waals surface area (Å²) >= 11 is 0. The number of azide groups is 1. The van der Waals surface area contributed by atoms with Crippen molar-refractivity contribution in [1.82, 2.24) is 0 Å². The Morgan fingerprint density at radius 3 is 2.53 bits per heavy atom. The Bertz CT molecular complexity index is 611. The maximum atomic E-state index is 12.8. The normalized spacial score (nSPS) is 10.7. The van der Waals surface area contributed by atoms with E-state index in [4.69, 9.17) is 10.6 Å². The number of benzene rings is 1. The van der Waals surface area contributed by atoms with E-state index in [1.54, 1.807) is 0 Å². The first kappa shape index (κ1) is 12.9. The Balaban J connectivity index is 3.70. The predicted octanol–water partition coefficient (Wildman–Crippen LogP) is 2.29. The lowest BCUT2D eigenvalue weighted by molar-refractivity contribution is 0.0696. The van der Waals surface area contributed by atoms with Crippen LogP contribution >= 0.6 is 0 Å². The molecule has 7 nitrogen and oxygen atoms in total. The molecule has 0 radical (unpaired) electrons. The summed E-state index contributed by atoms with van der Waals surface area (Å²) in [6.07, 6.45) is 0. The van der Waals surface area contributed by atoms with Crippen LogP contribution in [-0.2, 0) is 10.2 Å². The largest absolute Gasteiger partial charge is 0.478 e. The fraction of sp³-hybridized carbons (Fsp3) is 0.125. The number of carboxylic acid groups (broad SMARTS) is 1. The molecule has 0 spiro atoms. The molecule has 0 saturated heterocycles. The van der Waals surface area contributed by atoms with Crippen LogP contribution in [0.4, 0.5) is 9.57 Å². The van der Waals surface area contributed by atoms with Crippen molar-refractivity contribution >= 4 is 21.9 Å². The van der Waals surface area contributed by atoms with Crippen LogP contribution in [0.25, 0.3) is 10.4 Å². The fourth-order valence-corrected chi connectivity index (χ4v) is 1.70. The number of nitrogens with zero attached hydrogens (tertiary/aromatic N) is 3.